The second-order valence-electron chi connectivity index (χ2n) is 9.18. The molecule has 4 aromatic rings. The molecule has 1 amide bonds. The van der Waals surface area contributed by atoms with Crippen LogP contribution in [-0.2, 0) is 11.2 Å². The molecule has 0 saturated heterocycles. The number of nitrogens with one attached hydrogen (secondary N) is 2. The van der Waals surface area contributed by atoms with Crippen LogP contribution in [-0.4, -0.2) is 25.7 Å². The lowest BCUT2D eigenvalue weighted by Gasteiger charge is -2.20. The van der Waals surface area contributed by atoms with Gasteiger partial charge in [0.1, 0.15) is 11.5 Å². The Kier molecular flexibility index (Phi) is 6.90. The lowest BCUT2D eigenvalue weighted by atomic mass is 9.87. The Morgan fingerprint density at radius 2 is 1.94 bits per heavy atom. The molecule has 1 fully saturated rings. The molecule has 1 aliphatic rings. The van der Waals surface area contributed by atoms with Crippen molar-refractivity contribution in [1.82, 2.24) is 19.7 Å². The molecule has 8 heteroatoms. The lowest BCUT2D eigenvalue weighted by molar-refractivity contribution is -0.117. The molecular formula is C27H29N5O2S. The van der Waals surface area contributed by atoms with Gasteiger partial charge in [-0.3, -0.25) is 14.6 Å². The van der Waals surface area contributed by atoms with Gasteiger partial charge >= 0.3 is 0 Å². The maximum absolute atomic E-state index is 13.0. The number of thiophene rings is 1. The molecule has 7 nitrogen and oxygen atoms in total. The monoisotopic (exact) mass is 487 g/mol. The summed E-state index contributed by atoms with van der Waals surface area (Å²) >= 11 is 1.57. The molecule has 0 spiro atoms. The zero-order valence-electron chi connectivity index (χ0n) is 19.8. The van der Waals surface area contributed by atoms with E-state index in [0.717, 1.165) is 29.0 Å². The molecule has 0 atom stereocenters. The molecule has 0 radical (unpaired) electrons. The maximum Gasteiger partial charge on any atom is 0.256 e. The normalized spacial score (nSPS) is 14.2. The standard InChI is InChI=1S/C27H29N5O2S/c1-18-21(15-19-9-4-2-5-10-19)26(34)30-27(28-18)32-24(17-22(31-32)23-13-8-14-35-23)29-25(33)16-20-11-6-3-7-12-20/h2,4-5,8-10,13-14,17,20H,3,6-7,11-12,15-16H2,1H3,(H,29,33)(H,28,30,34). The Morgan fingerprint density at radius 1 is 1.14 bits per heavy atom. The number of hydrogen-bond donors (Lipinski definition) is 2. The van der Waals surface area contributed by atoms with E-state index in [0.29, 0.717) is 41.8 Å². The number of H-pyrrole nitrogens is 1. The molecule has 0 bridgehead atoms. The van der Waals surface area contributed by atoms with Crippen molar-refractivity contribution in [3.8, 4) is 16.5 Å². The third kappa shape index (κ3) is 5.43. The number of hydrogen-bond acceptors (Lipinski definition) is 5. The zero-order chi connectivity index (χ0) is 24.2. The molecule has 1 aromatic carbocycles. The minimum atomic E-state index is -0.205. The van der Waals surface area contributed by atoms with Gasteiger partial charge in [-0.1, -0.05) is 55.7 Å². The van der Waals surface area contributed by atoms with E-state index in [9.17, 15) is 9.59 Å². The van der Waals surface area contributed by atoms with Crippen molar-refractivity contribution in [2.24, 2.45) is 5.92 Å². The Bertz CT molecular complexity index is 1350. The summed E-state index contributed by atoms with van der Waals surface area (Å²) in [5, 5.41) is 9.72. The number of aromatic nitrogens is 4. The van der Waals surface area contributed by atoms with Gasteiger partial charge in [0.25, 0.3) is 5.56 Å². The number of carbonyl (C=O) groups excluding carboxylic acids is 1. The fourth-order valence-corrected chi connectivity index (χ4v) is 5.41. The Balaban J connectivity index is 1.46. The Labute approximate surface area is 208 Å². The van der Waals surface area contributed by atoms with E-state index in [1.165, 1.54) is 23.9 Å². The van der Waals surface area contributed by atoms with Crippen LogP contribution in [0.4, 0.5) is 5.82 Å². The van der Waals surface area contributed by atoms with Crippen molar-refractivity contribution in [3.05, 3.63) is 81.1 Å². The van der Waals surface area contributed by atoms with E-state index < -0.39 is 0 Å². The summed E-state index contributed by atoms with van der Waals surface area (Å²) in [5.41, 5.74) is 2.82. The highest BCUT2D eigenvalue weighted by Crippen LogP contribution is 2.29. The lowest BCUT2D eigenvalue weighted by Crippen LogP contribution is -2.23. The summed E-state index contributed by atoms with van der Waals surface area (Å²) in [6.45, 7) is 1.84. The zero-order valence-corrected chi connectivity index (χ0v) is 20.6. The molecule has 35 heavy (non-hydrogen) atoms. The van der Waals surface area contributed by atoms with Crippen molar-refractivity contribution < 1.29 is 4.79 Å². The molecule has 1 saturated carbocycles. The van der Waals surface area contributed by atoms with Gasteiger partial charge in [0.2, 0.25) is 11.9 Å². The smallest absolute Gasteiger partial charge is 0.256 e. The van der Waals surface area contributed by atoms with Gasteiger partial charge in [0.05, 0.1) is 10.6 Å². The van der Waals surface area contributed by atoms with E-state index in [1.807, 2.05) is 60.8 Å². The molecule has 3 aromatic heterocycles. The van der Waals surface area contributed by atoms with Crippen LogP contribution in [0.5, 0.6) is 0 Å². The fourth-order valence-electron chi connectivity index (χ4n) is 4.73. The highest BCUT2D eigenvalue weighted by atomic mass is 32.1. The van der Waals surface area contributed by atoms with E-state index in [2.05, 4.69) is 15.3 Å². The first-order chi connectivity index (χ1) is 17.1. The van der Waals surface area contributed by atoms with Gasteiger partial charge in [0, 0.05) is 24.5 Å². The first-order valence-electron chi connectivity index (χ1n) is 12.1. The molecule has 0 unspecified atom stereocenters. The minimum absolute atomic E-state index is 0.0319. The Morgan fingerprint density at radius 3 is 2.66 bits per heavy atom. The van der Waals surface area contributed by atoms with Crippen LogP contribution in [0.15, 0.2) is 58.7 Å². The summed E-state index contributed by atoms with van der Waals surface area (Å²) in [5.74, 6) is 1.19. The van der Waals surface area contributed by atoms with Crippen LogP contribution in [0.25, 0.3) is 16.5 Å². The molecule has 180 valence electrons. The Hall–Kier alpha value is -3.52. The summed E-state index contributed by atoms with van der Waals surface area (Å²) < 4.78 is 1.54. The quantitative estimate of drug-likeness (QED) is 0.360. The molecular weight excluding hydrogens is 458 g/mol. The molecule has 5 rings (SSSR count). The number of aryl methyl sites for hydroxylation is 1. The SMILES string of the molecule is Cc1nc(-n2nc(-c3cccs3)cc2NC(=O)CC2CCCCC2)[nH]c(=O)c1Cc1ccccc1. The molecule has 2 N–H and O–H groups in total. The third-order valence-electron chi connectivity index (χ3n) is 6.58. The first kappa shape index (κ1) is 23.2. The van der Waals surface area contributed by atoms with E-state index in [4.69, 9.17) is 5.10 Å². The van der Waals surface area contributed by atoms with Crippen molar-refractivity contribution in [1.29, 1.82) is 0 Å². The number of carbonyl (C=O) groups is 1. The number of anilines is 1. The van der Waals surface area contributed by atoms with Crippen LogP contribution >= 0.6 is 11.3 Å². The van der Waals surface area contributed by atoms with Crippen molar-refractivity contribution >= 4 is 23.1 Å². The van der Waals surface area contributed by atoms with Crippen LogP contribution < -0.4 is 10.9 Å². The van der Waals surface area contributed by atoms with Crippen molar-refractivity contribution in [2.75, 3.05) is 5.32 Å². The van der Waals surface area contributed by atoms with Crippen molar-refractivity contribution in [2.45, 2.75) is 51.9 Å². The highest BCUT2D eigenvalue weighted by molar-refractivity contribution is 7.13. The van der Waals surface area contributed by atoms with Gasteiger partial charge in [-0.05, 0) is 42.7 Å². The average molecular weight is 488 g/mol. The van der Waals surface area contributed by atoms with Gasteiger partial charge < -0.3 is 5.32 Å². The van der Waals surface area contributed by atoms with Gasteiger partial charge in [-0.15, -0.1) is 11.3 Å². The van der Waals surface area contributed by atoms with Crippen molar-refractivity contribution in [3.63, 3.8) is 0 Å². The topological polar surface area (TPSA) is 92.7 Å². The number of rotatable bonds is 7. The predicted molar refractivity (Wildman–Crippen MR) is 139 cm³/mol. The molecule has 0 aliphatic heterocycles. The van der Waals surface area contributed by atoms with Crippen LogP contribution in [0, 0.1) is 12.8 Å². The van der Waals surface area contributed by atoms with Crippen LogP contribution in [0.2, 0.25) is 0 Å². The van der Waals surface area contributed by atoms with E-state index in [1.54, 1.807) is 11.3 Å². The maximum atomic E-state index is 13.0. The summed E-state index contributed by atoms with van der Waals surface area (Å²) in [4.78, 5) is 34.5. The molecule has 1 aliphatic carbocycles. The number of aromatic amines is 1. The van der Waals surface area contributed by atoms with Crippen LogP contribution in [0.1, 0.15) is 55.3 Å². The van der Waals surface area contributed by atoms with Gasteiger partial charge in [-0.2, -0.15) is 9.78 Å². The average Bonchev–Trinajstić information content (AvgIpc) is 3.53. The van der Waals surface area contributed by atoms with E-state index >= 15 is 0 Å². The molecule has 3 heterocycles. The van der Waals surface area contributed by atoms with Gasteiger partial charge in [0.15, 0.2) is 0 Å². The van der Waals surface area contributed by atoms with E-state index in [-0.39, 0.29) is 11.5 Å². The fraction of sp³-hybridized carbons (Fsp3) is 0.333. The summed E-state index contributed by atoms with van der Waals surface area (Å²) in [6.07, 6.45) is 6.84. The summed E-state index contributed by atoms with van der Waals surface area (Å²) in [6, 6.07) is 15.6. The number of nitrogens with zero attached hydrogens (tertiary/aromatic N) is 3. The first-order valence-corrected chi connectivity index (χ1v) is 13.0. The second kappa shape index (κ2) is 10.4. The number of benzene rings is 1. The predicted octanol–water partition coefficient (Wildman–Crippen LogP) is 5.49. The number of amides is 1. The third-order valence-corrected chi connectivity index (χ3v) is 7.48. The summed E-state index contributed by atoms with van der Waals surface area (Å²) in [7, 11) is 0. The second-order valence-corrected chi connectivity index (χ2v) is 10.1. The van der Waals surface area contributed by atoms with Gasteiger partial charge in [-0.25, -0.2) is 4.98 Å². The minimum Gasteiger partial charge on any atom is -0.310 e. The highest BCUT2D eigenvalue weighted by Gasteiger charge is 2.21. The van der Waals surface area contributed by atoms with Crippen LogP contribution in [0.3, 0.4) is 0 Å². The largest absolute Gasteiger partial charge is 0.310 e.